The van der Waals surface area contributed by atoms with Crippen molar-refractivity contribution in [1.82, 2.24) is 24.8 Å². The lowest BCUT2D eigenvalue weighted by Crippen LogP contribution is -2.49. The molecule has 1 aliphatic rings. The largest absolute Gasteiger partial charge is 0.416 e. The second-order valence-electron chi connectivity index (χ2n) is 8.45. The molecule has 0 unspecified atom stereocenters. The van der Waals surface area contributed by atoms with E-state index in [2.05, 4.69) is 32.3 Å². The Morgan fingerprint density at radius 1 is 1.03 bits per heavy atom. The number of nitrogens with one attached hydrogen (secondary N) is 2. The van der Waals surface area contributed by atoms with Crippen LogP contribution in [0.1, 0.15) is 11.1 Å². The number of carbonyl (C=O) groups is 1. The number of anilines is 1. The number of pyridine rings is 1. The first-order valence-electron chi connectivity index (χ1n) is 11.2. The Balaban J connectivity index is 1.16. The molecule has 180 valence electrons. The van der Waals surface area contributed by atoms with Crippen LogP contribution in [0.15, 0.2) is 67.0 Å². The van der Waals surface area contributed by atoms with Crippen molar-refractivity contribution in [2.24, 2.45) is 0 Å². The van der Waals surface area contributed by atoms with Crippen molar-refractivity contribution in [2.75, 3.05) is 31.5 Å². The summed E-state index contributed by atoms with van der Waals surface area (Å²) in [6.07, 6.45) is -0.906. The Kier molecular flexibility index (Phi) is 6.12. The maximum atomic E-state index is 12.7. The number of aromatic nitrogens is 3. The molecule has 5 rings (SSSR count). The van der Waals surface area contributed by atoms with Gasteiger partial charge in [0, 0.05) is 56.4 Å². The zero-order valence-corrected chi connectivity index (χ0v) is 18.7. The number of fused-ring (bicyclic) bond motifs is 1. The minimum absolute atomic E-state index is 0.315. The van der Waals surface area contributed by atoms with Gasteiger partial charge in [-0.2, -0.15) is 13.2 Å². The van der Waals surface area contributed by atoms with Crippen molar-refractivity contribution in [1.29, 1.82) is 0 Å². The van der Waals surface area contributed by atoms with Gasteiger partial charge in [0.15, 0.2) is 0 Å². The lowest BCUT2D eigenvalue weighted by Gasteiger charge is -2.34. The summed E-state index contributed by atoms with van der Waals surface area (Å²) in [4.78, 5) is 28.6. The molecule has 0 aliphatic carbocycles. The van der Waals surface area contributed by atoms with E-state index in [1.54, 1.807) is 17.3 Å². The van der Waals surface area contributed by atoms with Crippen LogP contribution in [0.2, 0.25) is 0 Å². The van der Waals surface area contributed by atoms with Crippen LogP contribution in [0.3, 0.4) is 0 Å². The Hall–Kier alpha value is -3.92. The molecule has 10 heteroatoms. The van der Waals surface area contributed by atoms with Crippen molar-refractivity contribution in [3.8, 4) is 11.4 Å². The molecular weight excluding hydrogens is 457 g/mol. The number of benzene rings is 2. The van der Waals surface area contributed by atoms with Gasteiger partial charge in [0.05, 0.1) is 16.6 Å². The third kappa shape index (κ3) is 5.27. The quantitative estimate of drug-likeness (QED) is 0.431. The Morgan fingerprint density at radius 2 is 1.80 bits per heavy atom. The number of imidazole rings is 1. The molecule has 0 spiro atoms. The number of hydrogen-bond donors (Lipinski definition) is 2. The fourth-order valence-corrected chi connectivity index (χ4v) is 4.10. The zero-order chi connectivity index (χ0) is 24.4. The number of halogens is 3. The van der Waals surface area contributed by atoms with Crippen LogP contribution in [0.5, 0.6) is 0 Å². The minimum Gasteiger partial charge on any atom is -0.338 e. The van der Waals surface area contributed by atoms with Gasteiger partial charge in [0.1, 0.15) is 5.82 Å². The van der Waals surface area contributed by atoms with Crippen LogP contribution in [0, 0.1) is 0 Å². The Morgan fingerprint density at radius 3 is 2.49 bits per heavy atom. The van der Waals surface area contributed by atoms with E-state index in [9.17, 15) is 18.0 Å². The minimum atomic E-state index is -4.40. The summed E-state index contributed by atoms with van der Waals surface area (Å²) >= 11 is 0. The van der Waals surface area contributed by atoms with E-state index in [4.69, 9.17) is 4.98 Å². The summed E-state index contributed by atoms with van der Waals surface area (Å²) in [5.74, 6) is 0.776. The molecule has 2 N–H and O–H groups in total. The molecule has 0 saturated carbocycles. The second-order valence-corrected chi connectivity index (χ2v) is 8.45. The number of carbonyl (C=O) groups excluding carboxylic acids is 1. The molecule has 2 amide bonds. The van der Waals surface area contributed by atoms with E-state index in [1.807, 2.05) is 18.2 Å². The maximum absolute atomic E-state index is 12.7. The molecule has 7 nitrogen and oxygen atoms in total. The van der Waals surface area contributed by atoms with Crippen LogP contribution < -0.4 is 5.32 Å². The maximum Gasteiger partial charge on any atom is 0.416 e. The van der Waals surface area contributed by atoms with Gasteiger partial charge in [-0.05, 0) is 54.1 Å². The van der Waals surface area contributed by atoms with E-state index in [0.717, 1.165) is 46.7 Å². The number of nitrogens with zero attached hydrogens (tertiary/aromatic N) is 4. The van der Waals surface area contributed by atoms with Gasteiger partial charge >= 0.3 is 12.2 Å². The molecule has 0 radical (unpaired) electrons. The van der Waals surface area contributed by atoms with Crippen molar-refractivity contribution in [3.05, 3.63) is 78.1 Å². The highest BCUT2D eigenvalue weighted by Gasteiger charge is 2.30. The van der Waals surface area contributed by atoms with Gasteiger partial charge in [-0.15, -0.1) is 0 Å². The first-order valence-corrected chi connectivity index (χ1v) is 11.2. The summed E-state index contributed by atoms with van der Waals surface area (Å²) in [7, 11) is 0. The van der Waals surface area contributed by atoms with E-state index in [1.165, 1.54) is 12.1 Å². The summed E-state index contributed by atoms with van der Waals surface area (Å²) in [5.41, 5.74) is 3.49. The number of hydrogen-bond acceptors (Lipinski definition) is 4. The summed E-state index contributed by atoms with van der Waals surface area (Å²) < 4.78 is 38.1. The molecule has 1 fully saturated rings. The number of piperazine rings is 1. The van der Waals surface area contributed by atoms with E-state index < -0.39 is 11.7 Å². The third-order valence-corrected chi connectivity index (χ3v) is 6.01. The van der Waals surface area contributed by atoms with Crippen LogP contribution >= 0.6 is 0 Å². The number of alkyl halides is 3. The van der Waals surface area contributed by atoms with Gasteiger partial charge in [0.2, 0.25) is 0 Å². The highest BCUT2D eigenvalue weighted by molar-refractivity contribution is 5.89. The van der Waals surface area contributed by atoms with Crippen molar-refractivity contribution in [3.63, 3.8) is 0 Å². The van der Waals surface area contributed by atoms with Crippen LogP contribution in [0.4, 0.5) is 23.7 Å². The molecule has 0 bridgehead atoms. The average molecular weight is 480 g/mol. The standard InChI is InChI=1S/C25H23F3N6O/c26-25(27,28)19-4-6-20(7-5-19)30-24(35)34-12-10-33(11-13-34)16-17-3-8-21-22(14-17)32-23(31-21)18-2-1-9-29-15-18/h1-9,14-15H,10-13,16H2,(H,30,35)(H,31,32). The highest BCUT2D eigenvalue weighted by atomic mass is 19.4. The van der Waals surface area contributed by atoms with Gasteiger partial charge in [-0.1, -0.05) is 6.07 Å². The summed E-state index contributed by atoms with van der Waals surface area (Å²) in [6, 6.07) is 14.1. The summed E-state index contributed by atoms with van der Waals surface area (Å²) in [5, 5.41) is 2.68. The number of amides is 2. The van der Waals surface area contributed by atoms with Crippen molar-refractivity contribution < 1.29 is 18.0 Å². The fraction of sp³-hybridized carbons (Fsp3) is 0.240. The first kappa shape index (κ1) is 22.9. The smallest absolute Gasteiger partial charge is 0.338 e. The monoisotopic (exact) mass is 480 g/mol. The lowest BCUT2D eigenvalue weighted by atomic mass is 10.1. The summed E-state index contributed by atoms with van der Waals surface area (Å²) in [6.45, 7) is 3.18. The van der Waals surface area contributed by atoms with Crippen LogP contribution in [0.25, 0.3) is 22.4 Å². The normalized spacial score (nSPS) is 14.9. The Labute approximate surface area is 199 Å². The molecule has 2 aromatic carbocycles. The SMILES string of the molecule is O=C(Nc1ccc(C(F)(F)F)cc1)N1CCN(Cc2ccc3[nH]c(-c4cccnc4)nc3c2)CC1. The molecule has 1 aliphatic heterocycles. The van der Waals surface area contributed by atoms with Gasteiger partial charge < -0.3 is 15.2 Å². The number of rotatable bonds is 4. The zero-order valence-electron chi connectivity index (χ0n) is 18.7. The van der Waals surface area contributed by atoms with Gasteiger partial charge in [-0.3, -0.25) is 9.88 Å². The van der Waals surface area contributed by atoms with Gasteiger partial charge in [0.25, 0.3) is 0 Å². The number of H-pyrrole nitrogens is 1. The lowest BCUT2D eigenvalue weighted by molar-refractivity contribution is -0.137. The second kappa shape index (κ2) is 9.38. The number of urea groups is 1. The van der Waals surface area contributed by atoms with E-state index in [-0.39, 0.29) is 6.03 Å². The third-order valence-electron chi connectivity index (χ3n) is 6.01. The molecule has 35 heavy (non-hydrogen) atoms. The van der Waals surface area contributed by atoms with Crippen LogP contribution in [-0.2, 0) is 12.7 Å². The highest BCUT2D eigenvalue weighted by Crippen LogP contribution is 2.30. The van der Waals surface area contributed by atoms with E-state index in [0.29, 0.717) is 31.9 Å². The molecule has 1 saturated heterocycles. The molecule has 3 heterocycles. The molecule has 2 aromatic heterocycles. The van der Waals surface area contributed by atoms with Crippen molar-refractivity contribution >= 4 is 22.8 Å². The van der Waals surface area contributed by atoms with E-state index >= 15 is 0 Å². The molecular formula is C25H23F3N6O. The van der Waals surface area contributed by atoms with Crippen LogP contribution in [-0.4, -0.2) is 57.0 Å². The topological polar surface area (TPSA) is 77.2 Å². The molecule has 0 atom stereocenters. The average Bonchev–Trinajstić information content (AvgIpc) is 3.28. The van der Waals surface area contributed by atoms with Gasteiger partial charge in [-0.25, -0.2) is 9.78 Å². The Bertz CT molecular complexity index is 1310. The predicted molar refractivity (Wildman–Crippen MR) is 127 cm³/mol. The van der Waals surface area contributed by atoms with Crippen molar-refractivity contribution in [2.45, 2.75) is 12.7 Å². The fourth-order valence-electron chi connectivity index (χ4n) is 4.10. The first-order chi connectivity index (χ1) is 16.8. The predicted octanol–water partition coefficient (Wildman–Crippen LogP) is 4.99. The molecule has 4 aromatic rings. The number of aromatic amines is 1.